The number of ether oxygens (including phenoxy) is 1. The molecule has 0 saturated heterocycles. The van der Waals surface area contributed by atoms with Gasteiger partial charge in [0.1, 0.15) is 5.82 Å². The standard InChI is InChI=1S/C14H22ClN3O2/c1-3-7-20-8-5-6-17-14(19)11-9-12(15)13(16-4-2)18-10-11/h9-10H,3-8H2,1-2H3,(H,16,18)(H,17,19). The molecule has 0 aliphatic heterocycles. The zero-order valence-corrected chi connectivity index (χ0v) is 12.8. The highest BCUT2D eigenvalue weighted by Crippen LogP contribution is 2.19. The van der Waals surface area contributed by atoms with Crippen LogP contribution in [0.25, 0.3) is 0 Å². The Labute approximate surface area is 125 Å². The number of hydrogen-bond donors (Lipinski definition) is 2. The van der Waals surface area contributed by atoms with E-state index in [9.17, 15) is 4.79 Å². The van der Waals surface area contributed by atoms with Crippen molar-refractivity contribution in [2.45, 2.75) is 26.7 Å². The fourth-order valence-electron chi connectivity index (χ4n) is 1.58. The normalized spacial score (nSPS) is 10.3. The molecule has 0 bridgehead atoms. The first-order valence-corrected chi connectivity index (χ1v) is 7.32. The molecule has 0 aliphatic rings. The van der Waals surface area contributed by atoms with E-state index >= 15 is 0 Å². The summed E-state index contributed by atoms with van der Waals surface area (Å²) in [6, 6.07) is 1.62. The van der Waals surface area contributed by atoms with Crippen LogP contribution >= 0.6 is 11.6 Å². The van der Waals surface area contributed by atoms with Crippen molar-refractivity contribution in [2.75, 3.05) is 31.6 Å². The molecular formula is C14H22ClN3O2. The van der Waals surface area contributed by atoms with E-state index in [2.05, 4.69) is 22.5 Å². The Hall–Kier alpha value is -1.33. The Morgan fingerprint density at radius 3 is 2.85 bits per heavy atom. The van der Waals surface area contributed by atoms with Gasteiger partial charge in [-0.15, -0.1) is 0 Å². The Bertz CT molecular complexity index is 427. The quantitative estimate of drug-likeness (QED) is 0.688. The fourth-order valence-corrected chi connectivity index (χ4v) is 1.82. The lowest BCUT2D eigenvalue weighted by Crippen LogP contribution is -2.25. The van der Waals surface area contributed by atoms with Crippen LogP contribution in [-0.2, 0) is 4.74 Å². The smallest absolute Gasteiger partial charge is 0.252 e. The second-order valence-corrected chi connectivity index (χ2v) is 4.71. The molecule has 0 unspecified atom stereocenters. The highest BCUT2D eigenvalue weighted by Gasteiger charge is 2.09. The molecule has 1 aromatic rings. The van der Waals surface area contributed by atoms with E-state index in [1.165, 1.54) is 6.20 Å². The molecule has 112 valence electrons. The van der Waals surface area contributed by atoms with E-state index in [1.807, 2.05) is 6.92 Å². The number of anilines is 1. The van der Waals surface area contributed by atoms with Gasteiger partial charge in [-0.2, -0.15) is 0 Å². The van der Waals surface area contributed by atoms with Gasteiger partial charge in [-0.3, -0.25) is 4.79 Å². The van der Waals surface area contributed by atoms with Crippen LogP contribution in [-0.4, -0.2) is 37.2 Å². The Kier molecular flexibility index (Phi) is 7.99. The molecule has 5 nitrogen and oxygen atoms in total. The predicted octanol–water partition coefficient (Wildman–Crippen LogP) is 2.71. The van der Waals surface area contributed by atoms with Gasteiger partial charge in [-0.05, 0) is 25.8 Å². The second-order valence-electron chi connectivity index (χ2n) is 4.31. The lowest BCUT2D eigenvalue weighted by Gasteiger charge is -2.08. The summed E-state index contributed by atoms with van der Waals surface area (Å²) in [5.74, 6) is 0.427. The van der Waals surface area contributed by atoms with Crippen LogP contribution in [0, 0.1) is 0 Å². The number of rotatable bonds is 9. The van der Waals surface area contributed by atoms with Crippen molar-refractivity contribution >= 4 is 23.3 Å². The first kappa shape index (κ1) is 16.7. The summed E-state index contributed by atoms with van der Waals surface area (Å²) >= 11 is 6.05. The van der Waals surface area contributed by atoms with Crippen molar-refractivity contribution in [3.8, 4) is 0 Å². The number of carbonyl (C=O) groups excluding carboxylic acids is 1. The maximum absolute atomic E-state index is 11.9. The molecule has 2 N–H and O–H groups in total. The predicted molar refractivity (Wildman–Crippen MR) is 81.5 cm³/mol. The van der Waals surface area contributed by atoms with Gasteiger partial charge in [0.2, 0.25) is 0 Å². The van der Waals surface area contributed by atoms with Crippen LogP contribution in [0.2, 0.25) is 5.02 Å². The first-order valence-electron chi connectivity index (χ1n) is 6.94. The summed E-state index contributed by atoms with van der Waals surface area (Å²) in [5.41, 5.74) is 0.464. The maximum atomic E-state index is 11.9. The molecule has 6 heteroatoms. The van der Waals surface area contributed by atoms with E-state index in [1.54, 1.807) is 6.07 Å². The van der Waals surface area contributed by atoms with E-state index in [4.69, 9.17) is 16.3 Å². The minimum atomic E-state index is -0.169. The number of halogens is 1. The zero-order chi connectivity index (χ0) is 14.8. The summed E-state index contributed by atoms with van der Waals surface area (Å²) in [6.07, 6.45) is 3.32. The van der Waals surface area contributed by atoms with Gasteiger partial charge in [0.25, 0.3) is 5.91 Å². The minimum Gasteiger partial charge on any atom is -0.381 e. The van der Waals surface area contributed by atoms with Crippen molar-refractivity contribution in [3.63, 3.8) is 0 Å². The van der Waals surface area contributed by atoms with Gasteiger partial charge < -0.3 is 15.4 Å². The van der Waals surface area contributed by atoms with E-state index in [0.29, 0.717) is 29.6 Å². The van der Waals surface area contributed by atoms with Crippen LogP contribution in [0.15, 0.2) is 12.3 Å². The lowest BCUT2D eigenvalue weighted by molar-refractivity contribution is 0.0941. The summed E-state index contributed by atoms with van der Waals surface area (Å²) in [7, 11) is 0. The van der Waals surface area contributed by atoms with Gasteiger partial charge >= 0.3 is 0 Å². The average molecular weight is 300 g/mol. The van der Waals surface area contributed by atoms with Crippen LogP contribution in [0.5, 0.6) is 0 Å². The minimum absolute atomic E-state index is 0.169. The third-order valence-corrected chi connectivity index (χ3v) is 2.84. The molecule has 1 amide bonds. The molecule has 0 atom stereocenters. The molecule has 0 spiro atoms. The zero-order valence-electron chi connectivity index (χ0n) is 12.0. The van der Waals surface area contributed by atoms with Crippen molar-refractivity contribution < 1.29 is 9.53 Å². The Morgan fingerprint density at radius 1 is 1.40 bits per heavy atom. The van der Waals surface area contributed by atoms with Crippen LogP contribution in [0.1, 0.15) is 37.0 Å². The molecule has 1 heterocycles. The van der Waals surface area contributed by atoms with Gasteiger partial charge in [0.05, 0.1) is 10.6 Å². The molecule has 0 fully saturated rings. The number of aromatic nitrogens is 1. The summed E-state index contributed by atoms with van der Waals surface area (Å²) in [6.45, 7) is 6.76. The Balaban J connectivity index is 2.38. The molecule has 0 aromatic carbocycles. The number of nitrogens with zero attached hydrogens (tertiary/aromatic N) is 1. The average Bonchev–Trinajstić information content (AvgIpc) is 2.45. The third kappa shape index (κ3) is 5.75. The first-order chi connectivity index (χ1) is 9.69. The van der Waals surface area contributed by atoms with Crippen molar-refractivity contribution in [1.29, 1.82) is 0 Å². The monoisotopic (exact) mass is 299 g/mol. The molecule has 0 radical (unpaired) electrons. The number of carbonyl (C=O) groups is 1. The molecule has 1 aromatic heterocycles. The molecule has 0 aliphatic carbocycles. The summed E-state index contributed by atoms with van der Waals surface area (Å²) in [5, 5.41) is 6.29. The summed E-state index contributed by atoms with van der Waals surface area (Å²) in [4.78, 5) is 16.0. The highest BCUT2D eigenvalue weighted by atomic mass is 35.5. The molecular weight excluding hydrogens is 278 g/mol. The fraction of sp³-hybridized carbons (Fsp3) is 0.571. The topological polar surface area (TPSA) is 63.2 Å². The van der Waals surface area contributed by atoms with Gasteiger partial charge in [0, 0.05) is 32.5 Å². The van der Waals surface area contributed by atoms with E-state index < -0.39 is 0 Å². The summed E-state index contributed by atoms with van der Waals surface area (Å²) < 4.78 is 5.34. The van der Waals surface area contributed by atoms with Gasteiger partial charge in [-0.25, -0.2) is 4.98 Å². The van der Waals surface area contributed by atoms with Gasteiger partial charge in [-0.1, -0.05) is 18.5 Å². The molecule has 0 saturated carbocycles. The largest absolute Gasteiger partial charge is 0.381 e. The van der Waals surface area contributed by atoms with Crippen molar-refractivity contribution in [3.05, 3.63) is 22.8 Å². The number of pyridine rings is 1. The highest BCUT2D eigenvalue weighted by molar-refractivity contribution is 6.33. The SMILES string of the molecule is CCCOCCCNC(=O)c1cnc(NCC)c(Cl)c1. The van der Waals surface area contributed by atoms with E-state index in [-0.39, 0.29) is 5.91 Å². The van der Waals surface area contributed by atoms with Crippen LogP contribution < -0.4 is 10.6 Å². The van der Waals surface area contributed by atoms with Crippen molar-refractivity contribution in [2.24, 2.45) is 0 Å². The van der Waals surface area contributed by atoms with Crippen LogP contribution in [0.4, 0.5) is 5.82 Å². The number of hydrogen-bond acceptors (Lipinski definition) is 4. The maximum Gasteiger partial charge on any atom is 0.252 e. The van der Waals surface area contributed by atoms with E-state index in [0.717, 1.165) is 26.0 Å². The van der Waals surface area contributed by atoms with Crippen LogP contribution in [0.3, 0.4) is 0 Å². The van der Waals surface area contributed by atoms with Crippen molar-refractivity contribution in [1.82, 2.24) is 10.3 Å². The third-order valence-electron chi connectivity index (χ3n) is 2.55. The Morgan fingerprint density at radius 2 is 2.20 bits per heavy atom. The number of nitrogens with one attached hydrogen (secondary N) is 2. The lowest BCUT2D eigenvalue weighted by atomic mass is 10.2. The number of amides is 1. The molecule has 20 heavy (non-hydrogen) atoms. The second kappa shape index (κ2) is 9.55. The van der Waals surface area contributed by atoms with Gasteiger partial charge in [0.15, 0.2) is 0 Å². The molecule has 1 rings (SSSR count).